The molecule has 1 aromatic carbocycles. The van der Waals surface area contributed by atoms with Gasteiger partial charge in [-0.05, 0) is 56.8 Å². The molecule has 0 aromatic heterocycles. The molecule has 1 saturated carbocycles. The summed E-state index contributed by atoms with van der Waals surface area (Å²) in [5.41, 5.74) is 5.10. The van der Waals surface area contributed by atoms with Gasteiger partial charge in [-0.1, -0.05) is 29.8 Å². The topological polar surface area (TPSA) is 15.3 Å². The van der Waals surface area contributed by atoms with E-state index in [1.165, 1.54) is 38.0 Å². The van der Waals surface area contributed by atoms with Crippen molar-refractivity contribution >= 4 is 5.69 Å². The Bertz CT molecular complexity index is 605. The maximum Gasteiger partial charge on any atom is 0.0428 e. The zero-order valence-electron chi connectivity index (χ0n) is 12.1. The zero-order chi connectivity index (χ0) is 13.3. The average molecular weight is 266 g/mol. The second-order valence-corrected chi connectivity index (χ2v) is 6.98. The van der Waals surface area contributed by atoms with Crippen LogP contribution < -0.4 is 5.32 Å². The number of allylic oxidation sites excluding steroid dienone is 1. The van der Waals surface area contributed by atoms with Gasteiger partial charge in [0.2, 0.25) is 0 Å². The molecule has 2 bridgehead atoms. The SMILES string of the molecule is CC=C1[C@@H]2CCN3CC[C@]4(c5ccccc5N[C@@H]4C2)[C@@H]13. The maximum atomic E-state index is 3.87. The number of fused-ring (bicyclic) bond motifs is 2. The lowest BCUT2D eigenvalue weighted by atomic mass is 9.58. The zero-order valence-corrected chi connectivity index (χ0v) is 12.1. The highest BCUT2D eigenvalue weighted by Gasteiger charge is 2.62. The van der Waals surface area contributed by atoms with Crippen LogP contribution in [-0.4, -0.2) is 30.1 Å². The lowest BCUT2D eigenvalue weighted by Gasteiger charge is -2.52. The van der Waals surface area contributed by atoms with Crippen molar-refractivity contribution in [1.82, 2.24) is 4.90 Å². The summed E-state index contributed by atoms with van der Waals surface area (Å²) >= 11 is 0. The summed E-state index contributed by atoms with van der Waals surface area (Å²) in [6.07, 6.45) is 6.46. The molecular formula is C18H22N2. The van der Waals surface area contributed by atoms with E-state index in [0.717, 1.165) is 5.92 Å². The Morgan fingerprint density at radius 1 is 1.30 bits per heavy atom. The lowest BCUT2D eigenvalue weighted by Crippen LogP contribution is -2.58. The van der Waals surface area contributed by atoms with Crippen LogP contribution in [0.1, 0.15) is 31.7 Å². The molecule has 5 rings (SSSR count). The third kappa shape index (κ3) is 1.12. The van der Waals surface area contributed by atoms with E-state index >= 15 is 0 Å². The van der Waals surface area contributed by atoms with Crippen molar-refractivity contribution in [3.8, 4) is 0 Å². The molecule has 1 spiro atoms. The highest BCUT2D eigenvalue weighted by atomic mass is 15.2. The Kier molecular flexibility index (Phi) is 2.09. The van der Waals surface area contributed by atoms with Crippen LogP contribution in [0.4, 0.5) is 5.69 Å². The van der Waals surface area contributed by atoms with Gasteiger partial charge < -0.3 is 5.32 Å². The van der Waals surface area contributed by atoms with Crippen LogP contribution in [0.15, 0.2) is 35.9 Å². The smallest absolute Gasteiger partial charge is 0.0428 e. The molecule has 3 aliphatic heterocycles. The minimum absolute atomic E-state index is 0.357. The van der Waals surface area contributed by atoms with Gasteiger partial charge in [0.25, 0.3) is 0 Å². The molecule has 0 radical (unpaired) electrons. The molecule has 3 heterocycles. The molecule has 2 saturated heterocycles. The van der Waals surface area contributed by atoms with E-state index in [1.807, 2.05) is 0 Å². The summed E-state index contributed by atoms with van der Waals surface area (Å²) in [6.45, 7) is 4.84. The first kappa shape index (κ1) is 11.4. The van der Waals surface area contributed by atoms with E-state index in [2.05, 4.69) is 47.5 Å². The predicted molar refractivity (Wildman–Crippen MR) is 82.0 cm³/mol. The van der Waals surface area contributed by atoms with Gasteiger partial charge in [0.1, 0.15) is 0 Å². The number of nitrogens with one attached hydrogen (secondary N) is 1. The minimum Gasteiger partial charge on any atom is -0.381 e. The molecule has 2 heteroatoms. The number of piperidine rings is 1. The van der Waals surface area contributed by atoms with Gasteiger partial charge in [-0.25, -0.2) is 0 Å². The fourth-order valence-corrected chi connectivity index (χ4v) is 5.75. The van der Waals surface area contributed by atoms with Crippen molar-refractivity contribution in [2.45, 2.75) is 43.7 Å². The maximum absolute atomic E-state index is 3.87. The van der Waals surface area contributed by atoms with Gasteiger partial charge >= 0.3 is 0 Å². The largest absolute Gasteiger partial charge is 0.381 e. The standard InChI is InChI=1S/C18H22N2/c1-2-13-12-7-9-20-10-8-18(17(13)20)14-5-3-4-6-15(14)19-16(18)11-12/h2-6,12,16-17,19H,7-11H2,1H3/t12-,16-,17-,18-/m1/s1. The van der Waals surface area contributed by atoms with E-state index in [-0.39, 0.29) is 0 Å². The Morgan fingerprint density at radius 2 is 2.20 bits per heavy atom. The fourth-order valence-electron chi connectivity index (χ4n) is 5.75. The summed E-state index contributed by atoms with van der Waals surface area (Å²) in [5.74, 6) is 0.819. The number of para-hydroxylation sites is 1. The van der Waals surface area contributed by atoms with Crippen LogP contribution >= 0.6 is 0 Å². The molecule has 1 aromatic rings. The van der Waals surface area contributed by atoms with Gasteiger partial charge in [0.15, 0.2) is 0 Å². The van der Waals surface area contributed by atoms with Crippen molar-refractivity contribution in [1.29, 1.82) is 0 Å². The molecule has 2 nitrogen and oxygen atoms in total. The second-order valence-electron chi connectivity index (χ2n) is 6.98. The van der Waals surface area contributed by atoms with E-state index in [9.17, 15) is 0 Å². The van der Waals surface area contributed by atoms with E-state index in [0.29, 0.717) is 17.5 Å². The van der Waals surface area contributed by atoms with E-state index < -0.39 is 0 Å². The first-order chi connectivity index (χ1) is 9.84. The second kappa shape index (κ2) is 3.67. The van der Waals surface area contributed by atoms with Crippen LogP contribution in [0, 0.1) is 5.92 Å². The summed E-state index contributed by atoms with van der Waals surface area (Å²) in [6, 6.07) is 10.4. The molecule has 4 atom stereocenters. The highest BCUT2D eigenvalue weighted by molar-refractivity contribution is 5.65. The van der Waals surface area contributed by atoms with Crippen molar-refractivity contribution in [2.75, 3.05) is 18.4 Å². The number of hydrogen-bond donors (Lipinski definition) is 1. The summed E-state index contributed by atoms with van der Waals surface area (Å²) in [5, 5.41) is 3.87. The van der Waals surface area contributed by atoms with Crippen LogP contribution in [0.5, 0.6) is 0 Å². The monoisotopic (exact) mass is 266 g/mol. The number of nitrogens with zero attached hydrogens (tertiary/aromatic N) is 1. The molecular weight excluding hydrogens is 244 g/mol. The molecule has 1 aliphatic carbocycles. The third-order valence-electron chi connectivity index (χ3n) is 6.45. The first-order valence-electron chi connectivity index (χ1n) is 8.11. The van der Waals surface area contributed by atoms with Crippen LogP contribution in [0.25, 0.3) is 0 Å². The number of benzene rings is 1. The normalized spacial score (nSPS) is 43.2. The third-order valence-corrected chi connectivity index (χ3v) is 6.45. The molecule has 20 heavy (non-hydrogen) atoms. The van der Waals surface area contributed by atoms with Crippen LogP contribution in [0.2, 0.25) is 0 Å². The van der Waals surface area contributed by atoms with Gasteiger partial charge in [-0.2, -0.15) is 0 Å². The Balaban J connectivity index is 1.76. The molecule has 3 fully saturated rings. The van der Waals surface area contributed by atoms with Gasteiger partial charge in [0.05, 0.1) is 0 Å². The predicted octanol–water partition coefficient (Wildman–Crippen LogP) is 3.16. The fraction of sp³-hybridized carbons (Fsp3) is 0.556. The molecule has 1 N–H and O–H groups in total. The van der Waals surface area contributed by atoms with Crippen molar-refractivity contribution in [2.24, 2.45) is 5.92 Å². The minimum atomic E-state index is 0.357. The Morgan fingerprint density at radius 3 is 3.10 bits per heavy atom. The molecule has 0 amide bonds. The molecule has 104 valence electrons. The summed E-state index contributed by atoms with van der Waals surface area (Å²) < 4.78 is 0. The number of hydrogen-bond acceptors (Lipinski definition) is 2. The van der Waals surface area contributed by atoms with Crippen LogP contribution in [0.3, 0.4) is 0 Å². The number of rotatable bonds is 0. The highest BCUT2D eigenvalue weighted by Crippen LogP contribution is 2.60. The quantitative estimate of drug-likeness (QED) is 0.726. The Labute approximate surface area is 120 Å². The van der Waals surface area contributed by atoms with Gasteiger partial charge in [-0.3, -0.25) is 4.90 Å². The first-order valence-corrected chi connectivity index (χ1v) is 8.11. The molecule has 4 aliphatic rings. The molecule has 0 unspecified atom stereocenters. The van der Waals surface area contributed by atoms with Gasteiger partial charge in [0, 0.05) is 23.2 Å². The summed E-state index contributed by atoms with van der Waals surface area (Å²) in [7, 11) is 0. The van der Waals surface area contributed by atoms with Gasteiger partial charge in [-0.15, -0.1) is 0 Å². The number of anilines is 1. The summed E-state index contributed by atoms with van der Waals surface area (Å²) in [4.78, 5) is 2.77. The van der Waals surface area contributed by atoms with E-state index in [4.69, 9.17) is 0 Å². The Hall–Kier alpha value is -1.28. The average Bonchev–Trinajstić information content (AvgIpc) is 3.03. The van der Waals surface area contributed by atoms with Crippen molar-refractivity contribution in [3.05, 3.63) is 41.5 Å². The lowest BCUT2D eigenvalue weighted by molar-refractivity contribution is 0.124. The van der Waals surface area contributed by atoms with Crippen molar-refractivity contribution in [3.63, 3.8) is 0 Å². The van der Waals surface area contributed by atoms with E-state index in [1.54, 1.807) is 11.1 Å². The van der Waals surface area contributed by atoms with Crippen molar-refractivity contribution < 1.29 is 0 Å². The van der Waals surface area contributed by atoms with Crippen LogP contribution in [-0.2, 0) is 5.41 Å².